The highest BCUT2D eigenvalue weighted by atomic mass is 79.9. The number of allylic oxidation sites excluding steroid dienone is 1. The van der Waals surface area contributed by atoms with Crippen LogP contribution in [0.1, 0.15) is 39.3 Å². The third-order valence-electron chi connectivity index (χ3n) is 4.19. The predicted octanol–water partition coefficient (Wildman–Crippen LogP) is 4.30. The van der Waals surface area contributed by atoms with Crippen LogP contribution in [-0.4, -0.2) is 33.8 Å². The maximum Gasteiger partial charge on any atom is 0.338 e. The molecule has 0 aliphatic carbocycles. The molecule has 7 heteroatoms. The number of carbonyl (C=O) groups excluding carboxylic acids is 2. The summed E-state index contributed by atoms with van der Waals surface area (Å²) in [5.41, 5.74) is 1.88. The van der Waals surface area contributed by atoms with E-state index in [0.717, 1.165) is 10.0 Å². The van der Waals surface area contributed by atoms with E-state index in [0.29, 0.717) is 23.0 Å². The highest BCUT2D eigenvalue weighted by molar-refractivity contribution is 9.10. The van der Waals surface area contributed by atoms with Gasteiger partial charge in [0.2, 0.25) is 5.91 Å². The van der Waals surface area contributed by atoms with Gasteiger partial charge in [-0.25, -0.2) is 9.79 Å². The van der Waals surface area contributed by atoms with Gasteiger partial charge < -0.3 is 4.74 Å². The number of ether oxygens (including phenoxy) is 1. The number of benzene rings is 1. The Kier molecular flexibility index (Phi) is 5.58. The minimum absolute atomic E-state index is 0.0413. The van der Waals surface area contributed by atoms with Gasteiger partial charge in [0.15, 0.2) is 5.17 Å². The van der Waals surface area contributed by atoms with Crippen molar-refractivity contribution in [3.05, 3.63) is 45.6 Å². The van der Waals surface area contributed by atoms with E-state index in [1.54, 1.807) is 11.8 Å². The molecule has 0 aromatic heterocycles. The Morgan fingerprint density at radius 1 is 1.42 bits per heavy atom. The van der Waals surface area contributed by atoms with Crippen LogP contribution in [0.15, 0.2) is 45.0 Å². The number of aliphatic imine (C=N–C) groups is 1. The van der Waals surface area contributed by atoms with Gasteiger partial charge in [-0.2, -0.15) is 0 Å². The molecule has 1 fully saturated rings. The molecule has 0 spiro atoms. The number of amidine groups is 1. The Hall–Kier alpha value is -1.60. The minimum atomic E-state index is -0.524. The molecular weight excluding hydrogens is 416 g/mol. The Bertz CT molecular complexity index is 819. The van der Waals surface area contributed by atoms with Crippen molar-refractivity contribution < 1.29 is 14.3 Å². The molecule has 0 N–H and O–H groups in total. The monoisotopic (exact) mass is 436 g/mol. The molecule has 2 heterocycles. The highest BCUT2D eigenvalue weighted by Crippen LogP contribution is 2.43. The summed E-state index contributed by atoms with van der Waals surface area (Å²) in [6, 6.07) is 7.14. The number of halogens is 1. The topological polar surface area (TPSA) is 59.0 Å². The van der Waals surface area contributed by atoms with E-state index in [4.69, 9.17) is 4.74 Å². The second-order valence-electron chi connectivity index (χ2n) is 6.81. The number of thioether (sulfide) groups is 1. The standard InChI is InChI=1S/C19H21BrN2O3S/c1-10(2)9-25-18(24)15-11(3)21-19-22(17(23)12(4)26-19)16(15)13-6-5-7-14(20)8-13/h5-8,10,12,16H,9H2,1-4H3/t12-,16+/m1/s1. The molecular formula is C19H21BrN2O3S. The van der Waals surface area contributed by atoms with Gasteiger partial charge in [-0.05, 0) is 37.5 Å². The average Bonchev–Trinajstić information content (AvgIpc) is 2.85. The lowest BCUT2D eigenvalue weighted by Crippen LogP contribution is -2.40. The summed E-state index contributed by atoms with van der Waals surface area (Å²) >= 11 is 4.90. The summed E-state index contributed by atoms with van der Waals surface area (Å²) in [6.45, 7) is 7.96. The van der Waals surface area contributed by atoms with Gasteiger partial charge in [0.05, 0.1) is 29.2 Å². The summed E-state index contributed by atoms with van der Waals surface area (Å²) < 4.78 is 6.37. The van der Waals surface area contributed by atoms with Gasteiger partial charge in [-0.15, -0.1) is 0 Å². The lowest BCUT2D eigenvalue weighted by Gasteiger charge is -2.33. The first-order chi connectivity index (χ1) is 12.3. The van der Waals surface area contributed by atoms with E-state index >= 15 is 0 Å². The van der Waals surface area contributed by atoms with Crippen LogP contribution in [0.5, 0.6) is 0 Å². The van der Waals surface area contributed by atoms with E-state index < -0.39 is 12.0 Å². The fourth-order valence-corrected chi connectivity index (χ4v) is 4.42. The zero-order valence-corrected chi connectivity index (χ0v) is 17.6. The molecule has 1 aromatic rings. The fourth-order valence-electron chi connectivity index (χ4n) is 2.98. The molecule has 0 unspecified atom stereocenters. The van der Waals surface area contributed by atoms with Crippen LogP contribution in [0.25, 0.3) is 0 Å². The fraction of sp³-hybridized carbons (Fsp3) is 0.421. The predicted molar refractivity (Wildman–Crippen MR) is 107 cm³/mol. The molecule has 26 heavy (non-hydrogen) atoms. The first-order valence-corrected chi connectivity index (χ1v) is 10.2. The maximum absolute atomic E-state index is 12.9. The summed E-state index contributed by atoms with van der Waals surface area (Å²) in [6.07, 6.45) is 0. The summed E-state index contributed by atoms with van der Waals surface area (Å²) in [5.74, 6) is -0.225. The molecule has 1 saturated heterocycles. The van der Waals surface area contributed by atoms with E-state index in [2.05, 4.69) is 20.9 Å². The first-order valence-electron chi connectivity index (χ1n) is 8.51. The lowest BCUT2D eigenvalue weighted by molar-refractivity contribution is -0.141. The van der Waals surface area contributed by atoms with Crippen molar-refractivity contribution in [2.24, 2.45) is 10.9 Å². The zero-order valence-electron chi connectivity index (χ0n) is 15.2. The Labute approximate surface area is 166 Å². The van der Waals surface area contributed by atoms with Gasteiger partial charge in [-0.1, -0.05) is 53.7 Å². The second kappa shape index (κ2) is 7.56. The van der Waals surface area contributed by atoms with Crippen LogP contribution >= 0.6 is 27.7 Å². The van der Waals surface area contributed by atoms with Gasteiger partial charge >= 0.3 is 5.97 Å². The third-order valence-corrected chi connectivity index (χ3v) is 5.74. The Balaban J connectivity index is 2.08. The van der Waals surface area contributed by atoms with E-state index in [1.807, 2.05) is 45.0 Å². The lowest BCUT2D eigenvalue weighted by atomic mass is 9.94. The number of amides is 1. The molecule has 2 atom stereocenters. The van der Waals surface area contributed by atoms with Crippen molar-refractivity contribution in [3.8, 4) is 0 Å². The molecule has 3 rings (SSSR count). The maximum atomic E-state index is 12.9. The quantitative estimate of drug-likeness (QED) is 0.660. The number of esters is 1. The number of hydrogen-bond donors (Lipinski definition) is 0. The van der Waals surface area contributed by atoms with E-state index in [-0.39, 0.29) is 17.1 Å². The normalized spacial score (nSPS) is 22.6. The van der Waals surface area contributed by atoms with Crippen molar-refractivity contribution >= 4 is 44.7 Å². The highest BCUT2D eigenvalue weighted by Gasteiger charge is 2.46. The zero-order chi connectivity index (χ0) is 19.0. The number of hydrogen-bond acceptors (Lipinski definition) is 5. The molecule has 1 aromatic carbocycles. The molecule has 0 radical (unpaired) electrons. The van der Waals surface area contributed by atoms with Crippen molar-refractivity contribution in [1.29, 1.82) is 0 Å². The SMILES string of the molecule is CC1=C(C(=O)OCC(C)C)[C@H](c2cccc(Br)c2)N2C(=O)[C@@H](C)SC2=N1. The molecule has 2 aliphatic heterocycles. The van der Waals surface area contributed by atoms with Crippen LogP contribution in [0.3, 0.4) is 0 Å². The van der Waals surface area contributed by atoms with Crippen LogP contribution < -0.4 is 0 Å². The van der Waals surface area contributed by atoms with Crippen LogP contribution in [0, 0.1) is 5.92 Å². The largest absolute Gasteiger partial charge is 0.462 e. The average molecular weight is 437 g/mol. The summed E-state index contributed by atoms with van der Waals surface area (Å²) in [5, 5.41) is 0.424. The molecule has 0 saturated carbocycles. The van der Waals surface area contributed by atoms with E-state index in [1.165, 1.54) is 11.8 Å². The summed E-state index contributed by atoms with van der Waals surface area (Å²) in [7, 11) is 0. The third kappa shape index (κ3) is 3.60. The molecule has 5 nitrogen and oxygen atoms in total. The molecule has 0 bridgehead atoms. The van der Waals surface area contributed by atoms with Crippen LogP contribution in [-0.2, 0) is 14.3 Å². The van der Waals surface area contributed by atoms with Crippen LogP contribution in [0.4, 0.5) is 0 Å². The Morgan fingerprint density at radius 3 is 2.81 bits per heavy atom. The van der Waals surface area contributed by atoms with Crippen molar-refractivity contribution in [1.82, 2.24) is 4.90 Å². The van der Waals surface area contributed by atoms with Gasteiger partial charge in [0, 0.05) is 4.47 Å². The van der Waals surface area contributed by atoms with Crippen LogP contribution in [0.2, 0.25) is 0 Å². The van der Waals surface area contributed by atoms with Gasteiger partial charge in [0.25, 0.3) is 0 Å². The smallest absolute Gasteiger partial charge is 0.338 e. The number of fused-ring (bicyclic) bond motifs is 1. The molecule has 1 amide bonds. The van der Waals surface area contributed by atoms with Crippen molar-refractivity contribution in [2.45, 2.75) is 39.0 Å². The second-order valence-corrected chi connectivity index (χ2v) is 9.04. The van der Waals surface area contributed by atoms with Gasteiger partial charge in [0.1, 0.15) is 0 Å². The molecule has 138 valence electrons. The van der Waals surface area contributed by atoms with Crippen molar-refractivity contribution in [2.75, 3.05) is 6.61 Å². The number of nitrogens with zero attached hydrogens (tertiary/aromatic N) is 2. The molecule has 2 aliphatic rings. The Morgan fingerprint density at radius 2 is 2.15 bits per heavy atom. The minimum Gasteiger partial charge on any atom is -0.462 e. The number of rotatable bonds is 4. The summed E-state index contributed by atoms with van der Waals surface area (Å²) in [4.78, 5) is 31.8. The first kappa shape index (κ1) is 19.2. The van der Waals surface area contributed by atoms with Crippen molar-refractivity contribution in [3.63, 3.8) is 0 Å². The van der Waals surface area contributed by atoms with Gasteiger partial charge in [-0.3, -0.25) is 9.69 Å². The number of carbonyl (C=O) groups is 2. The van der Waals surface area contributed by atoms with E-state index in [9.17, 15) is 9.59 Å².